The van der Waals surface area contributed by atoms with Crippen LogP contribution in [-0.4, -0.2) is 48.5 Å². The number of benzene rings is 2. The van der Waals surface area contributed by atoms with Crippen LogP contribution in [0.3, 0.4) is 0 Å². The van der Waals surface area contributed by atoms with Gasteiger partial charge < -0.3 is 30.5 Å². The fourth-order valence-electron chi connectivity index (χ4n) is 4.93. The lowest BCUT2D eigenvalue weighted by Gasteiger charge is -2.30. The van der Waals surface area contributed by atoms with Crippen molar-refractivity contribution in [2.75, 3.05) is 32.0 Å². The first-order valence-corrected chi connectivity index (χ1v) is 13.3. The van der Waals surface area contributed by atoms with Crippen molar-refractivity contribution in [3.8, 4) is 23.1 Å². The normalized spacial score (nSPS) is 15.3. The zero-order valence-electron chi connectivity index (χ0n) is 22.3. The molecule has 2 fully saturated rings. The van der Waals surface area contributed by atoms with Crippen LogP contribution in [0.1, 0.15) is 64.0 Å². The minimum atomic E-state index is 0.333. The molecule has 0 spiro atoms. The van der Waals surface area contributed by atoms with E-state index in [4.69, 9.17) is 21.0 Å². The Bertz CT molecular complexity index is 1170. The Kier molecular flexibility index (Phi) is 10.6. The molecule has 0 atom stereocenters. The van der Waals surface area contributed by atoms with E-state index >= 15 is 0 Å². The molecule has 0 bridgehead atoms. The molecule has 1 saturated carbocycles. The second kappa shape index (κ2) is 13.8. The van der Waals surface area contributed by atoms with Gasteiger partial charge in [0, 0.05) is 29.7 Å². The first kappa shape index (κ1) is 28.2. The van der Waals surface area contributed by atoms with Crippen molar-refractivity contribution >= 4 is 23.4 Å². The van der Waals surface area contributed by atoms with Gasteiger partial charge in [0.15, 0.2) is 0 Å². The summed E-state index contributed by atoms with van der Waals surface area (Å²) in [5.74, 6) is 0.889. The van der Waals surface area contributed by atoms with Gasteiger partial charge in [0.1, 0.15) is 18.6 Å². The van der Waals surface area contributed by atoms with E-state index < -0.39 is 0 Å². The number of nitrogens with zero attached hydrogens (tertiary/aromatic N) is 3. The number of nitrogen functional groups attached to an aromatic ring is 1. The van der Waals surface area contributed by atoms with Crippen LogP contribution >= 0.6 is 0 Å². The standard InChI is InChI=1S/C26H30N4O.C3H9N.CH2O/c27-18-24-23-12-11-22(31-16-4-15-29-13-1-2-14-29)17-25(23)30(21-5-3-6-21)26(24)19-7-9-20(28)10-8-19;1-3(2)4;1-2/h7-12,17,21H,1-6,13-16,28H2;3H,4H2,1-2H3;1H2. The topological polar surface area (TPSA) is 110 Å². The van der Waals surface area contributed by atoms with E-state index in [1.54, 1.807) is 0 Å². The van der Waals surface area contributed by atoms with Crippen LogP contribution in [0.4, 0.5) is 5.69 Å². The molecule has 2 aromatic carbocycles. The molecule has 2 aliphatic rings. The van der Waals surface area contributed by atoms with Crippen molar-refractivity contribution in [2.24, 2.45) is 5.73 Å². The van der Waals surface area contributed by atoms with E-state index in [0.29, 0.717) is 12.1 Å². The number of rotatable bonds is 7. The van der Waals surface area contributed by atoms with Gasteiger partial charge in [0.2, 0.25) is 0 Å². The third-order valence-corrected chi connectivity index (χ3v) is 6.80. The molecule has 0 radical (unpaired) electrons. The van der Waals surface area contributed by atoms with Gasteiger partial charge in [-0.3, -0.25) is 0 Å². The number of anilines is 1. The fourth-order valence-corrected chi connectivity index (χ4v) is 4.93. The van der Waals surface area contributed by atoms with E-state index in [-0.39, 0.29) is 0 Å². The van der Waals surface area contributed by atoms with Crippen molar-refractivity contribution in [1.82, 2.24) is 9.47 Å². The molecular weight excluding hydrogens is 462 g/mol. The molecule has 1 saturated heterocycles. The summed E-state index contributed by atoms with van der Waals surface area (Å²) in [7, 11) is 0. The van der Waals surface area contributed by atoms with Crippen molar-refractivity contribution in [1.29, 1.82) is 5.26 Å². The Morgan fingerprint density at radius 1 is 1.08 bits per heavy atom. The summed E-state index contributed by atoms with van der Waals surface area (Å²) in [5, 5.41) is 11.0. The molecule has 1 aliphatic heterocycles. The van der Waals surface area contributed by atoms with Gasteiger partial charge in [-0.25, -0.2) is 0 Å². The summed E-state index contributed by atoms with van der Waals surface area (Å²) >= 11 is 0. The molecular formula is C30H41N5O2. The van der Waals surface area contributed by atoms with Gasteiger partial charge >= 0.3 is 0 Å². The second-order valence-electron chi connectivity index (χ2n) is 10.1. The van der Waals surface area contributed by atoms with Crippen LogP contribution in [0.5, 0.6) is 5.75 Å². The summed E-state index contributed by atoms with van der Waals surface area (Å²) in [5.41, 5.74) is 15.7. The molecule has 2 heterocycles. The highest BCUT2D eigenvalue weighted by Crippen LogP contribution is 2.43. The lowest BCUT2D eigenvalue weighted by atomic mass is 9.92. The van der Waals surface area contributed by atoms with Gasteiger partial charge in [0.05, 0.1) is 23.4 Å². The summed E-state index contributed by atoms with van der Waals surface area (Å²) in [4.78, 5) is 10.5. The number of nitrogens with two attached hydrogens (primary N) is 2. The van der Waals surface area contributed by atoms with Gasteiger partial charge in [-0.2, -0.15) is 5.26 Å². The van der Waals surface area contributed by atoms with Crippen LogP contribution in [0, 0.1) is 11.3 Å². The van der Waals surface area contributed by atoms with Crippen LogP contribution in [0.25, 0.3) is 22.2 Å². The number of hydrogen-bond donors (Lipinski definition) is 2. The summed E-state index contributed by atoms with van der Waals surface area (Å²) in [6.45, 7) is 10.2. The number of ether oxygens (including phenoxy) is 1. The van der Waals surface area contributed by atoms with Gasteiger partial charge in [-0.05, 0) is 87.5 Å². The zero-order valence-corrected chi connectivity index (χ0v) is 22.3. The molecule has 1 aromatic heterocycles. The largest absolute Gasteiger partial charge is 0.493 e. The Morgan fingerprint density at radius 3 is 2.30 bits per heavy atom. The number of nitriles is 1. The molecule has 37 heavy (non-hydrogen) atoms. The number of aromatic nitrogens is 1. The number of carbonyl (C=O) groups is 1. The van der Waals surface area contributed by atoms with E-state index in [0.717, 1.165) is 71.6 Å². The zero-order chi connectivity index (χ0) is 26.8. The molecule has 5 rings (SSSR count). The Balaban J connectivity index is 0.000000580. The predicted octanol–water partition coefficient (Wildman–Crippen LogP) is 5.52. The van der Waals surface area contributed by atoms with Gasteiger partial charge in [-0.15, -0.1) is 0 Å². The molecule has 3 aromatic rings. The number of carbonyl (C=O) groups excluding carboxylic acids is 1. The van der Waals surface area contributed by atoms with E-state index in [9.17, 15) is 5.26 Å². The van der Waals surface area contributed by atoms with Crippen LogP contribution in [-0.2, 0) is 4.79 Å². The lowest BCUT2D eigenvalue weighted by Crippen LogP contribution is -2.21. The number of likely N-dealkylation sites (tertiary alicyclic amines) is 1. The van der Waals surface area contributed by atoms with Crippen molar-refractivity contribution < 1.29 is 9.53 Å². The maximum absolute atomic E-state index is 10.0. The average Bonchev–Trinajstić information content (AvgIpc) is 3.49. The summed E-state index contributed by atoms with van der Waals surface area (Å²) in [6.07, 6.45) is 7.23. The number of hydrogen-bond acceptors (Lipinski definition) is 6. The molecule has 4 N–H and O–H groups in total. The van der Waals surface area contributed by atoms with Crippen LogP contribution in [0.2, 0.25) is 0 Å². The molecule has 7 heteroatoms. The Morgan fingerprint density at radius 2 is 1.73 bits per heavy atom. The van der Waals surface area contributed by atoms with Crippen molar-refractivity contribution in [3.63, 3.8) is 0 Å². The highest BCUT2D eigenvalue weighted by Gasteiger charge is 2.28. The third kappa shape index (κ3) is 7.12. The van der Waals surface area contributed by atoms with Gasteiger partial charge in [-0.1, -0.05) is 26.0 Å². The molecule has 198 valence electrons. The SMILES string of the molecule is C=O.CC(C)N.N#Cc1c(-c2ccc(N)cc2)n(C2CCC2)c2cc(OCCCN3CCCC3)ccc12. The van der Waals surface area contributed by atoms with E-state index in [2.05, 4.69) is 27.7 Å². The quantitative estimate of drug-likeness (QED) is 0.324. The van der Waals surface area contributed by atoms with E-state index in [1.165, 1.54) is 32.4 Å². The molecule has 0 unspecified atom stereocenters. The average molecular weight is 504 g/mol. The third-order valence-electron chi connectivity index (χ3n) is 6.80. The minimum Gasteiger partial charge on any atom is -0.493 e. The van der Waals surface area contributed by atoms with E-state index in [1.807, 2.05) is 51.0 Å². The summed E-state index contributed by atoms with van der Waals surface area (Å²) in [6, 6.07) is 17.3. The first-order valence-electron chi connectivity index (χ1n) is 13.3. The van der Waals surface area contributed by atoms with Crippen molar-refractivity contribution in [3.05, 3.63) is 48.0 Å². The highest BCUT2D eigenvalue weighted by molar-refractivity contribution is 5.95. The molecule has 7 nitrogen and oxygen atoms in total. The highest BCUT2D eigenvalue weighted by atomic mass is 16.5. The maximum Gasteiger partial charge on any atom is 0.121 e. The monoisotopic (exact) mass is 503 g/mol. The first-order chi connectivity index (χ1) is 18.0. The van der Waals surface area contributed by atoms with Gasteiger partial charge in [0.25, 0.3) is 0 Å². The Hall–Kier alpha value is -3.34. The molecule has 1 aliphatic carbocycles. The lowest BCUT2D eigenvalue weighted by molar-refractivity contribution is -0.0980. The Labute approximate surface area is 221 Å². The maximum atomic E-state index is 10.0. The fraction of sp³-hybridized carbons (Fsp3) is 0.467. The van der Waals surface area contributed by atoms with Crippen molar-refractivity contribution in [2.45, 2.75) is 64.5 Å². The predicted molar refractivity (Wildman–Crippen MR) is 152 cm³/mol. The number of fused-ring (bicyclic) bond motifs is 1. The minimum absolute atomic E-state index is 0.333. The van der Waals surface area contributed by atoms with Crippen LogP contribution < -0.4 is 16.2 Å². The van der Waals surface area contributed by atoms with Crippen LogP contribution in [0.15, 0.2) is 42.5 Å². The smallest absolute Gasteiger partial charge is 0.121 e. The summed E-state index contributed by atoms with van der Waals surface area (Å²) < 4.78 is 8.50. The molecule has 0 amide bonds. The second-order valence-corrected chi connectivity index (χ2v) is 10.1.